The van der Waals surface area contributed by atoms with E-state index in [9.17, 15) is 14.4 Å². The zero-order valence-electron chi connectivity index (χ0n) is 11.3. The van der Waals surface area contributed by atoms with Gasteiger partial charge < -0.3 is 9.64 Å². The zero-order chi connectivity index (χ0) is 14.5. The molecule has 1 N–H and O–H groups in total. The van der Waals surface area contributed by atoms with E-state index in [1.807, 2.05) is 0 Å². The van der Waals surface area contributed by atoms with Crippen molar-refractivity contribution in [3.8, 4) is 0 Å². The minimum atomic E-state index is -0.565. The number of nitrogens with zero attached hydrogens (tertiary/aromatic N) is 2. The Labute approximate surface area is 115 Å². The van der Waals surface area contributed by atoms with E-state index < -0.39 is 6.04 Å². The molecule has 2 rings (SSSR count). The molecule has 1 atom stereocenters. The number of carbonyl (C=O) groups is 2. The molecule has 0 bridgehead atoms. The number of likely N-dealkylation sites (tertiary alicyclic amines) is 1. The summed E-state index contributed by atoms with van der Waals surface area (Å²) in [6.45, 7) is 2.51. The van der Waals surface area contributed by atoms with Gasteiger partial charge in [0.1, 0.15) is 11.7 Å². The quantitative estimate of drug-likeness (QED) is 0.805. The van der Waals surface area contributed by atoms with Crippen LogP contribution in [-0.2, 0) is 9.53 Å². The first kappa shape index (κ1) is 14.2. The molecule has 1 saturated heterocycles. The summed E-state index contributed by atoms with van der Waals surface area (Å²) in [6.07, 6.45) is 2.31. The number of nitrogens with one attached hydrogen (secondary N) is 1. The predicted molar refractivity (Wildman–Crippen MR) is 70.2 cm³/mol. The van der Waals surface area contributed by atoms with E-state index in [0.29, 0.717) is 13.0 Å². The highest BCUT2D eigenvalue weighted by molar-refractivity contribution is 5.95. The van der Waals surface area contributed by atoms with Crippen molar-refractivity contribution in [1.82, 2.24) is 15.1 Å². The Hall–Kier alpha value is -2.18. The first-order chi connectivity index (χ1) is 9.63. The fourth-order valence-corrected chi connectivity index (χ4v) is 2.27. The molecule has 7 heteroatoms. The number of amides is 1. The molecule has 1 aliphatic heterocycles. The van der Waals surface area contributed by atoms with Gasteiger partial charge in [0.15, 0.2) is 0 Å². The second-order valence-electron chi connectivity index (χ2n) is 4.57. The van der Waals surface area contributed by atoms with Crippen LogP contribution in [0.15, 0.2) is 16.9 Å². The molecule has 0 aromatic carbocycles. The van der Waals surface area contributed by atoms with Crippen molar-refractivity contribution in [3.63, 3.8) is 0 Å². The van der Waals surface area contributed by atoms with Gasteiger partial charge in [-0.15, -0.1) is 0 Å². The third-order valence-corrected chi connectivity index (χ3v) is 3.22. The van der Waals surface area contributed by atoms with Gasteiger partial charge in [0.2, 0.25) is 0 Å². The number of aromatic amines is 1. The summed E-state index contributed by atoms with van der Waals surface area (Å²) < 4.78 is 5.01. The molecule has 1 aromatic rings. The minimum absolute atomic E-state index is 0.126. The van der Waals surface area contributed by atoms with E-state index >= 15 is 0 Å². The van der Waals surface area contributed by atoms with Crippen molar-refractivity contribution in [2.75, 3.05) is 13.2 Å². The summed E-state index contributed by atoms with van der Waals surface area (Å²) >= 11 is 0. The fraction of sp³-hybridized carbons (Fsp3) is 0.538. The van der Waals surface area contributed by atoms with Crippen molar-refractivity contribution in [2.24, 2.45) is 0 Å². The molecule has 0 spiro atoms. The second kappa shape index (κ2) is 6.31. The van der Waals surface area contributed by atoms with Gasteiger partial charge in [-0.2, -0.15) is 5.10 Å². The van der Waals surface area contributed by atoms with Crippen LogP contribution in [0.1, 0.15) is 36.7 Å². The monoisotopic (exact) mass is 279 g/mol. The number of esters is 1. The van der Waals surface area contributed by atoms with Crippen LogP contribution < -0.4 is 5.56 Å². The molecule has 2 heterocycles. The Bertz CT molecular complexity index is 534. The van der Waals surface area contributed by atoms with Crippen molar-refractivity contribution >= 4 is 11.9 Å². The highest BCUT2D eigenvalue weighted by Crippen LogP contribution is 2.20. The topological polar surface area (TPSA) is 92.4 Å². The molecule has 1 fully saturated rings. The first-order valence-corrected chi connectivity index (χ1v) is 6.67. The van der Waals surface area contributed by atoms with Crippen LogP contribution in [0.3, 0.4) is 0 Å². The normalized spacial score (nSPS) is 18.6. The molecule has 20 heavy (non-hydrogen) atoms. The predicted octanol–water partition coefficient (Wildman–Crippen LogP) is 0.328. The van der Waals surface area contributed by atoms with Crippen molar-refractivity contribution in [3.05, 3.63) is 28.2 Å². The van der Waals surface area contributed by atoms with Crippen molar-refractivity contribution < 1.29 is 14.3 Å². The minimum Gasteiger partial charge on any atom is -0.464 e. The summed E-state index contributed by atoms with van der Waals surface area (Å²) in [7, 11) is 0. The van der Waals surface area contributed by atoms with Gasteiger partial charge >= 0.3 is 5.97 Å². The highest BCUT2D eigenvalue weighted by Gasteiger charge is 2.34. The zero-order valence-corrected chi connectivity index (χ0v) is 11.3. The van der Waals surface area contributed by atoms with Gasteiger partial charge in [0, 0.05) is 12.6 Å². The van der Waals surface area contributed by atoms with Crippen LogP contribution >= 0.6 is 0 Å². The van der Waals surface area contributed by atoms with E-state index in [0.717, 1.165) is 12.8 Å². The molecule has 108 valence electrons. The Morgan fingerprint density at radius 2 is 2.25 bits per heavy atom. The van der Waals surface area contributed by atoms with E-state index in [1.54, 1.807) is 6.92 Å². The Morgan fingerprint density at radius 1 is 1.45 bits per heavy atom. The van der Waals surface area contributed by atoms with Crippen LogP contribution in [0.5, 0.6) is 0 Å². The largest absolute Gasteiger partial charge is 0.464 e. The second-order valence-corrected chi connectivity index (χ2v) is 4.57. The maximum absolute atomic E-state index is 12.4. The lowest BCUT2D eigenvalue weighted by Gasteiger charge is -2.33. The van der Waals surface area contributed by atoms with Crippen LogP contribution in [0.4, 0.5) is 0 Å². The summed E-state index contributed by atoms with van der Waals surface area (Å²) in [4.78, 5) is 36.7. The number of hydrogen-bond acceptors (Lipinski definition) is 5. The molecular formula is C13H17N3O4. The third kappa shape index (κ3) is 3.04. The van der Waals surface area contributed by atoms with Crippen molar-refractivity contribution in [1.29, 1.82) is 0 Å². The van der Waals surface area contributed by atoms with Crippen LogP contribution in [0.2, 0.25) is 0 Å². The lowest BCUT2D eigenvalue weighted by molar-refractivity contribution is -0.149. The fourth-order valence-electron chi connectivity index (χ4n) is 2.27. The molecule has 1 unspecified atom stereocenters. The molecule has 0 aliphatic carbocycles. The number of aromatic nitrogens is 2. The summed E-state index contributed by atoms with van der Waals surface area (Å²) in [5.74, 6) is -0.746. The van der Waals surface area contributed by atoms with Gasteiger partial charge in [-0.1, -0.05) is 0 Å². The van der Waals surface area contributed by atoms with Crippen LogP contribution in [-0.4, -0.2) is 46.2 Å². The number of carbonyl (C=O) groups excluding carboxylic acids is 2. The maximum atomic E-state index is 12.4. The standard InChI is InChI=1S/C13H17N3O4/c1-2-20-13(19)10-5-3-4-8-16(10)12(18)9-6-7-11(17)15-14-9/h6-7,10H,2-5,8H2,1H3,(H,15,17). The molecular weight excluding hydrogens is 262 g/mol. The summed E-state index contributed by atoms with van der Waals surface area (Å²) in [5.41, 5.74) is -0.247. The number of H-pyrrole nitrogens is 1. The average Bonchev–Trinajstić information content (AvgIpc) is 2.47. The van der Waals surface area contributed by atoms with E-state index in [1.165, 1.54) is 17.0 Å². The van der Waals surface area contributed by atoms with E-state index in [2.05, 4.69) is 10.2 Å². The lowest BCUT2D eigenvalue weighted by atomic mass is 10.0. The molecule has 7 nitrogen and oxygen atoms in total. The van der Waals surface area contributed by atoms with Gasteiger partial charge in [-0.05, 0) is 32.3 Å². The molecule has 0 radical (unpaired) electrons. The van der Waals surface area contributed by atoms with Gasteiger partial charge in [0.25, 0.3) is 11.5 Å². The summed E-state index contributed by atoms with van der Waals surface area (Å²) in [6, 6.07) is 2.03. The Kier molecular flexibility index (Phi) is 4.49. The third-order valence-electron chi connectivity index (χ3n) is 3.22. The maximum Gasteiger partial charge on any atom is 0.328 e. The van der Waals surface area contributed by atoms with Crippen LogP contribution in [0.25, 0.3) is 0 Å². The highest BCUT2D eigenvalue weighted by atomic mass is 16.5. The number of ether oxygens (including phenoxy) is 1. The number of hydrogen-bond donors (Lipinski definition) is 1. The Morgan fingerprint density at radius 3 is 2.90 bits per heavy atom. The molecule has 1 amide bonds. The van der Waals surface area contributed by atoms with Gasteiger partial charge in [-0.25, -0.2) is 9.89 Å². The van der Waals surface area contributed by atoms with Gasteiger partial charge in [0.05, 0.1) is 6.61 Å². The Balaban J connectivity index is 2.18. The van der Waals surface area contributed by atoms with Crippen molar-refractivity contribution in [2.45, 2.75) is 32.2 Å². The summed E-state index contributed by atoms with van der Waals surface area (Å²) in [5, 5.41) is 5.93. The lowest BCUT2D eigenvalue weighted by Crippen LogP contribution is -2.49. The van der Waals surface area contributed by atoms with E-state index in [4.69, 9.17) is 4.74 Å². The SMILES string of the molecule is CCOC(=O)C1CCCCN1C(=O)c1ccc(=O)[nH]n1. The number of rotatable bonds is 3. The average molecular weight is 279 g/mol. The van der Waals surface area contributed by atoms with Crippen LogP contribution in [0, 0.1) is 0 Å². The molecule has 0 saturated carbocycles. The molecule has 1 aliphatic rings. The smallest absolute Gasteiger partial charge is 0.328 e. The number of piperidine rings is 1. The van der Waals surface area contributed by atoms with E-state index in [-0.39, 0.29) is 29.7 Å². The molecule has 1 aromatic heterocycles. The first-order valence-electron chi connectivity index (χ1n) is 6.67. The van der Waals surface area contributed by atoms with Gasteiger partial charge in [-0.3, -0.25) is 9.59 Å².